The van der Waals surface area contributed by atoms with E-state index in [4.69, 9.17) is 21.1 Å². The first-order valence-electron chi connectivity index (χ1n) is 8.94. The van der Waals surface area contributed by atoms with Crippen molar-refractivity contribution in [3.63, 3.8) is 0 Å². The van der Waals surface area contributed by atoms with Crippen LogP contribution in [0.2, 0.25) is 5.02 Å². The lowest BCUT2D eigenvalue weighted by Crippen LogP contribution is -1.99. The zero-order valence-corrected chi connectivity index (χ0v) is 16.8. The molecule has 0 unspecified atom stereocenters. The SMILES string of the molecule is COc1cc(/C=C(/C#N)c2cccc(F)c2)cc(Cl)c1OCc1ccc(C)cc1. The van der Waals surface area contributed by atoms with E-state index in [0.29, 0.717) is 39.8 Å². The highest BCUT2D eigenvalue weighted by atomic mass is 35.5. The van der Waals surface area contributed by atoms with Crippen molar-refractivity contribution in [2.24, 2.45) is 0 Å². The Bertz CT molecular complexity index is 1090. The minimum atomic E-state index is -0.404. The van der Waals surface area contributed by atoms with Crippen LogP contribution in [-0.2, 0) is 6.61 Å². The predicted octanol–water partition coefficient (Wildman–Crippen LogP) is 6.44. The molecule has 0 amide bonds. The fraction of sp³-hybridized carbons (Fsp3) is 0.125. The molecule has 0 aromatic heterocycles. The summed E-state index contributed by atoms with van der Waals surface area (Å²) < 4.78 is 24.8. The number of hydrogen-bond donors (Lipinski definition) is 0. The number of nitrogens with zero attached hydrogens (tertiary/aromatic N) is 1. The van der Waals surface area contributed by atoms with E-state index in [0.717, 1.165) is 5.56 Å². The molecule has 0 N–H and O–H groups in total. The van der Waals surface area contributed by atoms with Crippen LogP contribution < -0.4 is 9.47 Å². The van der Waals surface area contributed by atoms with Gasteiger partial charge in [0.15, 0.2) is 11.5 Å². The Kier molecular flexibility index (Phi) is 6.54. The van der Waals surface area contributed by atoms with Crippen LogP contribution in [0, 0.1) is 24.1 Å². The Morgan fingerprint density at radius 1 is 1.14 bits per heavy atom. The monoisotopic (exact) mass is 407 g/mol. The molecular weight excluding hydrogens is 389 g/mol. The number of benzene rings is 3. The lowest BCUT2D eigenvalue weighted by atomic mass is 10.0. The highest BCUT2D eigenvalue weighted by molar-refractivity contribution is 6.32. The van der Waals surface area contributed by atoms with Crippen LogP contribution in [-0.4, -0.2) is 7.11 Å². The predicted molar refractivity (Wildman–Crippen MR) is 113 cm³/mol. The van der Waals surface area contributed by atoms with E-state index in [-0.39, 0.29) is 0 Å². The third kappa shape index (κ3) is 5.16. The van der Waals surface area contributed by atoms with Crippen molar-refractivity contribution < 1.29 is 13.9 Å². The van der Waals surface area contributed by atoms with Gasteiger partial charge in [-0.05, 0) is 54.0 Å². The Hall–Kier alpha value is -3.29. The second-order valence-corrected chi connectivity index (χ2v) is 6.90. The lowest BCUT2D eigenvalue weighted by Gasteiger charge is -2.14. The van der Waals surface area contributed by atoms with E-state index in [2.05, 4.69) is 6.07 Å². The van der Waals surface area contributed by atoms with Crippen molar-refractivity contribution in [3.05, 3.63) is 93.8 Å². The lowest BCUT2D eigenvalue weighted by molar-refractivity contribution is 0.284. The summed E-state index contributed by atoms with van der Waals surface area (Å²) in [5.41, 5.74) is 3.64. The number of halogens is 2. The maximum absolute atomic E-state index is 13.5. The van der Waals surface area contributed by atoms with Crippen LogP contribution in [0.1, 0.15) is 22.3 Å². The summed E-state index contributed by atoms with van der Waals surface area (Å²) in [4.78, 5) is 0. The van der Waals surface area contributed by atoms with E-state index in [9.17, 15) is 9.65 Å². The van der Waals surface area contributed by atoms with Crippen molar-refractivity contribution in [2.45, 2.75) is 13.5 Å². The Balaban J connectivity index is 1.89. The van der Waals surface area contributed by atoms with E-state index in [1.54, 1.807) is 30.3 Å². The average molecular weight is 408 g/mol. The minimum absolute atomic E-state index is 0.316. The van der Waals surface area contributed by atoms with Crippen LogP contribution >= 0.6 is 11.6 Å². The van der Waals surface area contributed by atoms with Gasteiger partial charge < -0.3 is 9.47 Å². The first kappa shape index (κ1) is 20.4. The molecule has 3 rings (SSSR count). The molecule has 0 heterocycles. The molecule has 0 fully saturated rings. The third-order valence-corrected chi connectivity index (χ3v) is 4.60. The normalized spacial score (nSPS) is 11.1. The van der Waals surface area contributed by atoms with Crippen LogP contribution in [0.3, 0.4) is 0 Å². The maximum Gasteiger partial charge on any atom is 0.180 e. The molecule has 0 saturated heterocycles. The smallest absolute Gasteiger partial charge is 0.180 e. The van der Waals surface area contributed by atoms with Crippen molar-refractivity contribution in [1.82, 2.24) is 0 Å². The van der Waals surface area contributed by atoms with Crippen molar-refractivity contribution in [3.8, 4) is 17.6 Å². The molecule has 3 aromatic rings. The number of nitriles is 1. The second kappa shape index (κ2) is 9.27. The average Bonchev–Trinajstić information content (AvgIpc) is 2.72. The number of methoxy groups -OCH3 is 1. The van der Waals surface area contributed by atoms with Gasteiger partial charge >= 0.3 is 0 Å². The molecule has 0 aliphatic carbocycles. The molecule has 3 aromatic carbocycles. The number of rotatable bonds is 6. The molecule has 5 heteroatoms. The summed E-state index contributed by atoms with van der Waals surface area (Å²) in [6, 6.07) is 19.4. The largest absolute Gasteiger partial charge is 0.493 e. The highest BCUT2D eigenvalue weighted by Gasteiger charge is 2.13. The van der Waals surface area contributed by atoms with Gasteiger partial charge in [-0.1, -0.05) is 53.6 Å². The summed E-state index contributed by atoms with van der Waals surface area (Å²) >= 11 is 6.43. The second-order valence-electron chi connectivity index (χ2n) is 6.49. The Labute approximate surface area is 174 Å². The number of aryl methyl sites for hydroxylation is 1. The molecule has 0 aliphatic heterocycles. The summed E-state index contributed by atoms with van der Waals surface area (Å²) in [5.74, 6) is 0.475. The van der Waals surface area contributed by atoms with Crippen LogP contribution in [0.15, 0.2) is 60.7 Å². The number of hydrogen-bond acceptors (Lipinski definition) is 3. The molecule has 3 nitrogen and oxygen atoms in total. The van der Waals surface area contributed by atoms with Gasteiger partial charge in [0.25, 0.3) is 0 Å². The zero-order valence-electron chi connectivity index (χ0n) is 16.1. The van der Waals surface area contributed by atoms with Gasteiger partial charge in [0.2, 0.25) is 0 Å². The van der Waals surface area contributed by atoms with Gasteiger partial charge in [-0.2, -0.15) is 5.26 Å². The number of ether oxygens (including phenoxy) is 2. The summed E-state index contributed by atoms with van der Waals surface area (Å²) in [7, 11) is 1.52. The van der Waals surface area contributed by atoms with Crippen LogP contribution in [0.25, 0.3) is 11.6 Å². The van der Waals surface area contributed by atoms with Gasteiger partial charge in [-0.15, -0.1) is 0 Å². The summed E-state index contributed by atoms with van der Waals surface area (Å²) in [5, 5.41) is 9.84. The van der Waals surface area contributed by atoms with Gasteiger partial charge in [-0.3, -0.25) is 0 Å². The van der Waals surface area contributed by atoms with Gasteiger partial charge in [0.05, 0.1) is 23.8 Å². The van der Waals surface area contributed by atoms with E-state index in [1.807, 2.05) is 31.2 Å². The molecule has 0 bridgehead atoms. The molecule has 0 saturated carbocycles. The van der Waals surface area contributed by atoms with Crippen molar-refractivity contribution >= 4 is 23.3 Å². The maximum atomic E-state index is 13.5. The quantitative estimate of drug-likeness (QED) is 0.349. The highest BCUT2D eigenvalue weighted by Crippen LogP contribution is 2.38. The molecular formula is C24H19ClFNO2. The summed E-state index contributed by atoms with van der Waals surface area (Å²) in [6.07, 6.45) is 1.63. The Morgan fingerprint density at radius 3 is 2.55 bits per heavy atom. The standard InChI is InChI=1S/C24H19ClFNO2/c1-16-6-8-17(9-7-16)15-29-24-22(25)11-18(12-23(24)28-2)10-20(14-27)19-4-3-5-21(26)13-19/h3-13H,15H2,1-2H3/b20-10-. The van der Waals surface area contributed by atoms with E-state index >= 15 is 0 Å². The molecule has 0 spiro atoms. The van der Waals surface area contributed by atoms with Crippen molar-refractivity contribution in [2.75, 3.05) is 7.11 Å². The Morgan fingerprint density at radius 2 is 1.90 bits per heavy atom. The molecule has 0 radical (unpaired) electrons. The first-order chi connectivity index (χ1) is 14.0. The molecule has 0 aliphatic rings. The van der Waals surface area contributed by atoms with Crippen LogP contribution in [0.4, 0.5) is 4.39 Å². The number of allylic oxidation sites excluding steroid dienone is 1. The van der Waals surface area contributed by atoms with Gasteiger partial charge in [0.1, 0.15) is 12.4 Å². The van der Waals surface area contributed by atoms with E-state index < -0.39 is 5.82 Å². The zero-order chi connectivity index (χ0) is 20.8. The molecule has 0 atom stereocenters. The fourth-order valence-electron chi connectivity index (χ4n) is 2.81. The van der Waals surface area contributed by atoms with Crippen LogP contribution in [0.5, 0.6) is 11.5 Å². The molecule has 29 heavy (non-hydrogen) atoms. The third-order valence-electron chi connectivity index (χ3n) is 4.32. The van der Waals surface area contributed by atoms with E-state index in [1.165, 1.54) is 24.8 Å². The minimum Gasteiger partial charge on any atom is -0.493 e. The van der Waals surface area contributed by atoms with Gasteiger partial charge in [0, 0.05) is 0 Å². The fourth-order valence-corrected chi connectivity index (χ4v) is 3.08. The van der Waals surface area contributed by atoms with Gasteiger partial charge in [-0.25, -0.2) is 4.39 Å². The topological polar surface area (TPSA) is 42.2 Å². The summed E-state index contributed by atoms with van der Waals surface area (Å²) in [6.45, 7) is 2.37. The molecule has 146 valence electrons. The van der Waals surface area contributed by atoms with Crippen molar-refractivity contribution in [1.29, 1.82) is 5.26 Å². The first-order valence-corrected chi connectivity index (χ1v) is 9.31.